The van der Waals surface area contributed by atoms with Crippen LogP contribution in [0.1, 0.15) is 35.4 Å². The molecule has 20 heavy (non-hydrogen) atoms. The molecular formula is C16H19ClFNS. The van der Waals surface area contributed by atoms with Crippen LogP contribution in [0.5, 0.6) is 0 Å². The van der Waals surface area contributed by atoms with Crippen LogP contribution in [0.3, 0.4) is 0 Å². The summed E-state index contributed by atoms with van der Waals surface area (Å²) in [6.45, 7) is 5.11. The predicted molar refractivity (Wildman–Crippen MR) is 85.2 cm³/mol. The largest absolute Gasteiger partial charge is 0.309 e. The van der Waals surface area contributed by atoms with Crippen molar-refractivity contribution < 1.29 is 4.39 Å². The van der Waals surface area contributed by atoms with Crippen molar-refractivity contribution in [2.24, 2.45) is 0 Å². The van der Waals surface area contributed by atoms with E-state index in [1.807, 2.05) is 19.1 Å². The molecular weight excluding hydrogens is 293 g/mol. The van der Waals surface area contributed by atoms with E-state index in [1.54, 1.807) is 11.3 Å². The van der Waals surface area contributed by atoms with Gasteiger partial charge in [-0.3, -0.25) is 0 Å². The molecule has 0 aliphatic carbocycles. The summed E-state index contributed by atoms with van der Waals surface area (Å²) >= 11 is 8.07. The molecule has 4 heteroatoms. The number of benzene rings is 1. The number of aryl methyl sites for hydroxylation is 1. The summed E-state index contributed by atoms with van der Waals surface area (Å²) in [7, 11) is 0. The molecule has 0 radical (unpaired) electrons. The minimum absolute atomic E-state index is 0.187. The lowest BCUT2D eigenvalue weighted by molar-refractivity contribution is 0.536. The summed E-state index contributed by atoms with van der Waals surface area (Å²) in [6, 6.07) is 6.88. The quantitative estimate of drug-likeness (QED) is 0.779. The number of thiophene rings is 1. The summed E-state index contributed by atoms with van der Waals surface area (Å²) in [5, 5.41) is 6.47. The fourth-order valence-electron chi connectivity index (χ4n) is 2.12. The molecule has 0 fully saturated rings. The Bertz CT molecular complexity index is 550. The molecule has 2 rings (SSSR count). The highest BCUT2D eigenvalue weighted by atomic mass is 35.5. The van der Waals surface area contributed by atoms with Gasteiger partial charge in [0.2, 0.25) is 0 Å². The smallest absolute Gasteiger partial charge is 0.123 e. The maximum atomic E-state index is 13.0. The van der Waals surface area contributed by atoms with Crippen LogP contribution < -0.4 is 5.32 Å². The minimum Gasteiger partial charge on any atom is -0.309 e. The van der Waals surface area contributed by atoms with Crippen LogP contribution in [0.25, 0.3) is 0 Å². The van der Waals surface area contributed by atoms with Crippen LogP contribution >= 0.6 is 22.9 Å². The van der Waals surface area contributed by atoms with E-state index in [1.165, 1.54) is 17.0 Å². The molecule has 1 unspecified atom stereocenters. The van der Waals surface area contributed by atoms with Crippen molar-refractivity contribution in [1.82, 2.24) is 5.32 Å². The van der Waals surface area contributed by atoms with Crippen molar-refractivity contribution in [2.75, 3.05) is 6.54 Å². The normalized spacial score (nSPS) is 12.6. The Labute approximate surface area is 128 Å². The van der Waals surface area contributed by atoms with E-state index in [9.17, 15) is 4.39 Å². The van der Waals surface area contributed by atoms with E-state index in [2.05, 4.69) is 17.6 Å². The SMILES string of the molecule is CCCNC(Cc1ccc(F)cc1)c1scc(C)c1Cl. The van der Waals surface area contributed by atoms with Crippen molar-refractivity contribution in [2.45, 2.75) is 32.7 Å². The van der Waals surface area contributed by atoms with Gasteiger partial charge in [0.05, 0.1) is 5.02 Å². The first-order chi connectivity index (χ1) is 9.61. The van der Waals surface area contributed by atoms with Crippen LogP contribution in [0.2, 0.25) is 5.02 Å². The van der Waals surface area contributed by atoms with Crippen LogP contribution in [0.15, 0.2) is 29.6 Å². The van der Waals surface area contributed by atoms with Crippen molar-refractivity contribution in [3.05, 3.63) is 56.5 Å². The fourth-order valence-corrected chi connectivity index (χ4v) is 3.52. The maximum Gasteiger partial charge on any atom is 0.123 e. The fraction of sp³-hybridized carbons (Fsp3) is 0.375. The van der Waals surface area contributed by atoms with Gasteiger partial charge in [0, 0.05) is 10.9 Å². The highest BCUT2D eigenvalue weighted by Crippen LogP contribution is 2.34. The number of hydrogen-bond donors (Lipinski definition) is 1. The van der Waals surface area contributed by atoms with Gasteiger partial charge in [0.1, 0.15) is 5.82 Å². The lowest BCUT2D eigenvalue weighted by Gasteiger charge is -2.18. The molecule has 1 N–H and O–H groups in total. The Balaban J connectivity index is 2.19. The second-order valence-electron chi connectivity index (χ2n) is 4.93. The lowest BCUT2D eigenvalue weighted by atomic mass is 10.0. The van der Waals surface area contributed by atoms with Crippen LogP contribution in [-0.4, -0.2) is 6.54 Å². The van der Waals surface area contributed by atoms with E-state index >= 15 is 0 Å². The molecule has 1 atom stereocenters. The van der Waals surface area contributed by atoms with Gasteiger partial charge in [-0.1, -0.05) is 30.7 Å². The van der Waals surface area contributed by atoms with Gasteiger partial charge in [0.25, 0.3) is 0 Å². The Kier molecular flexibility index (Phi) is 5.58. The van der Waals surface area contributed by atoms with Crippen LogP contribution in [0.4, 0.5) is 4.39 Å². The van der Waals surface area contributed by atoms with E-state index in [0.717, 1.165) is 35.5 Å². The molecule has 0 aliphatic heterocycles. The van der Waals surface area contributed by atoms with E-state index in [4.69, 9.17) is 11.6 Å². The van der Waals surface area contributed by atoms with E-state index in [-0.39, 0.29) is 11.9 Å². The third-order valence-electron chi connectivity index (χ3n) is 3.24. The molecule has 0 bridgehead atoms. The molecule has 0 aliphatic rings. The van der Waals surface area contributed by atoms with Crippen molar-refractivity contribution in [1.29, 1.82) is 0 Å². The highest BCUT2D eigenvalue weighted by Gasteiger charge is 2.18. The number of hydrogen-bond acceptors (Lipinski definition) is 2. The van der Waals surface area contributed by atoms with E-state index < -0.39 is 0 Å². The molecule has 1 heterocycles. The number of rotatable bonds is 6. The summed E-state index contributed by atoms with van der Waals surface area (Å²) in [4.78, 5) is 1.17. The molecule has 0 saturated heterocycles. The van der Waals surface area contributed by atoms with Crippen molar-refractivity contribution in [3.8, 4) is 0 Å². The molecule has 0 spiro atoms. The van der Waals surface area contributed by atoms with Gasteiger partial charge in [-0.05, 0) is 54.9 Å². The minimum atomic E-state index is -0.197. The van der Waals surface area contributed by atoms with Crippen molar-refractivity contribution >= 4 is 22.9 Å². The van der Waals surface area contributed by atoms with Crippen LogP contribution in [-0.2, 0) is 6.42 Å². The Morgan fingerprint density at radius 2 is 2.00 bits per heavy atom. The highest BCUT2D eigenvalue weighted by molar-refractivity contribution is 7.10. The zero-order valence-corrected chi connectivity index (χ0v) is 13.3. The van der Waals surface area contributed by atoms with Crippen LogP contribution in [0, 0.1) is 12.7 Å². The summed E-state index contributed by atoms with van der Waals surface area (Å²) in [5.41, 5.74) is 2.23. The maximum absolute atomic E-state index is 13.0. The Morgan fingerprint density at radius 1 is 1.30 bits per heavy atom. The first kappa shape index (κ1) is 15.5. The topological polar surface area (TPSA) is 12.0 Å². The second kappa shape index (κ2) is 7.21. The third-order valence-corrected chi connectivity index (χ3v) is 5.06. The molecule has 1 nitrogen and oxygen atoms in total. The zero-order chi connectivity index (χ0) is 14.5. The number of nitrogens with one attached hydrogen (secondary N) is 1. The zero-order valence-electron chi connectivity index (χ0n) is 11.7. The summed E-state index contributed by atoms with van der Waals surface area (Å²) in [5.74, 6) is -0.197. The first-order valence-electron chi connectivity index (χ1n) is 6.83. The van der Waals surface area contributed by atoms with Gasteiger partial charge in [-0.15, -0.1) is 11.3 Å². The third kappa shape index (κ3) is 3.81. The predicted octanol–water partition coefficient (Wildman–Crippen LogP) is 5.13. The summed E-state index contributed by atoms with van der Waals surface area (Å²) < 4.78 is 13.0. The Morgan fingerprint density at radius 3 is 2.55 bits per heavy atom. The lowest BCUT2D eigenvalue weighted by Crippen LogP contribution is -2.23. The van der Waals surface area contributed by atoms with Crippen molar-refractivity contribution in [3.63, 3.8) is 0 Å². The van der Waals surface area contributed by atoms with Gasteiger partial charge in [-0.2, -0.15) is 0 Å². The second-order valence-corrected chi connectivity index (χ2v) is 6.22. The first-order valence-corrected chi connectivity index (χ1v) is 8.09. The molecule has 2 aromatic rings. The van der Waals surface area contributed by atoms with Gasteiger partial charge in [-0.25, -0.2) is 4.39 Å². The van der Waals surface area contributed by atoms with Gasteiger partial charge >= 0.3 is 0 Å². The molecule has 108 valence electrons. The average Bonchev–Trinajstić information content (AvgIpc) is 2.77. The number of halogens is 2. The standard InChI is InChI=1S/C16H19ClFNS/c1-3-8-19-14(16-15(17)11(2)10-20-16)9-12-4-6-13(18)7-5-12/h4-7,10,14,19H,3,8-9H2,1-2H3. The van der Waals surface area contributed by atoms with Gasteiger partial charge < -0.3 is 5.32 Å². The molecule has 0 amide bonds. The van der Waals surface area contributed by atoms with Gasteiger partial charge in [0.15, 0.2) is 0 Å². The average molecular weight is 312 g/mol. The summed E-state index contributed by atoms with van der Waals surface area (Å²) in [6.07, 6.45) is 1.89. The monoisotopic (exact) mass is 311 g/mol. The molecule has 1 aromatic carbocycles. The molecule has 0 saturated carbocycles. The van der Waals surface area contributed by atoms with E-state index in [0.29, 0.717) is 0 Å². The Hall–Kier alpha value is -0.900. The molecule has 1 aromatic heterocycles.